The molecule has 3 aromatic rings. The van der Waals surface area contributed by atoms with E-state index >= 15 is 0 Å². The van der Waals surface area contributed by atoms with Gasteiger partial charge in [0.05, 0.1) is 22.8 Å². The fourth-order valence-electron chi connectivity index (χ4n) is 5.85. The third-order valence-electron chi connectivity index (χ3n) is 8.06. The van der Waals surface area contributed by atoms with Gasteiger partial charge in [0.1, 0.15) is 0 Å². The van der Waals surface area contributed by atoms with Crippen molar-refractivity contribution in [3.8, 4) is 0 Å². The van der Waals surface area contributed by atoms with Crippen molar-refractivity contribution < 1.29 is 15.4 Å². The Morgan fingerprint density at radius 1 is 0.553 bits per heavy atom. The van der Waals surface area contributed by atoms with Gasteiger partial charge in [0.25, 0.3) is 0 Å². The molecule has 8 bridgehead atoms. The molecule has 0 radical (unpaired) electrons. The Kier molecular flexibility index (Phi) is 8.72. The van der Waals surface area contributed by atoms with E-state index in [-0.39, 0.29) is 0 Å². The second-order valence-electron chi connectivity index (χ2n) is 9.93. The Morgan fingerprint density at radius 2 is 0.895 bits per heavy atom. The molecular weight excluding hydrogens is 528 g/mol. The molecule has 0 amide bonds. The zero-order valence-corrected chi connectivity index (χ0v) is 25.7. The summed E-state index contributed by atoms with van der Waals surface area (Å²) in [5.74, 6) is 0. The van der Waals surface area contributed by atoms with Crippen LogP contribution in [-0.2, 0) is 28.2 Å². The Hall–Kier alpha value is -2.58. The van der Waals surface area contributed by atoms with Gasteiger partial charge >= 0.3 is 25.4 Å². The Balaban J connectivity index is 0.00000164. The van der Waals surface area contributed by atoms with Crippen LogP contribution in [0.15, 0.2) is 24.3 Å². The van der Waals surface area contributed by atoms with Crippen LogP contribution in [0.4, 0.5) is 0 Å². The van der Waals surface area contributed by atoms with Gasteiger partial charge < -0.3 is 9.97 Å². The third-order valence-corrected chi connectivity index (χ3v) is 8.06. The van der Waals surface area contributed by atoms with Crippen molar-refractivity contribution in [2.45, 2.75) is 81.1 Å². The molecule has 0 N–H and O–H groups in total. The van der Waals surface area contributed by atoms with E-state index in [1.807, 2.05) is 0 Å². The van der Waals surface area contributed by atoms with E-state index in [2.05, 4.69) is 105 Å². The molecule has 197 valence electrons. The number of aromatic nitrogens is 4. The number of hydrogen-bond acceptors (Lipinski definition) is 2. The van der Waals surface area contributed by atoms with Gasteiger partial charge in [-0.2, -0.15) is 0 Å². The first-order chi connectivity index (χ1) is 18.3. The van der Waals surface area contributed by atoms with E-state index in [9.17, 15) is 0 Å². The monoisotopic (exact) mass is 563 g/mol. The van der Waals surface area contributed by atoms with Crippen LogP contribution in [0.25, 0.3) is 44.4 Å². The van der Waals surface area contributed by atoms with Crippen molar-refractivity contribution in [3.63, 3.8) is 0 Å². The molecular formula is C32H36ClCrN4. The molecule has 0 atom stereocenters. The predicted molar refractivity (Wildman–Crippen MR) is 159 cm³/mol. The summed E-state index contributed by atoms with van der Waals surface area (Å²) in [5.41, 5.74) is 18.2. The summed E-state index contributed by atoms with van der Waals surface area (Å²) in [6.45, 7) is 17.6. The molecule has 3 aromatic heterocycles. The van der Waals surface area contributed by atoms with Crippen LogP contribution < -0.4 is 9.97 Å². The first kappa shape index (κ1) is 28.4. The molecule has 0 aliphatic carbocycles. The average molecular weight is 564 g/mol. The normalized spacial score (nSPS) is 13.2. The van der Waals surface area contributed by atoms with Gasteiger partial charge in [-0.05, 0) is 75.7 Å². The number of rotatable bonds is 4. The summed E-state index contributed by atoms with van der Waals surface area (Å²) in [4.78, 5) is 20.4. The maximum atomic E-state index is 5.11. The molecule has 0 spiro atoms. The van der Waals surface area contributed by atoms with Crippen LogP contribution in [0.5, 0.6) is 0 Å². The molecule has 38 heavy (non-hydrogen) atoms. The SMILES string of the molecule is CCC1=C(C)c2cc3[n-]c(cc4nc(cc5[n-]c(cc1n2)c(C)c5CC)C(C)=C4CC)c(C)c3CC.[Cl][Cr+2]. The molecule has 0 aromatic carbocycles. The zero-order chi connectivity index (χ0) is 27.7. The molecule has 5 heterocycles. The molecule has 6 heteroatoms. The molecule has 0 saturated heterocycles. The zero-order valence-electron chi connectivity index (χ0n) is 23.7. The Bertz CT molecular complexity index is 1500. The van der Waals surface area contributed by atoms with Gasteiger partial charge in [0.15, 0.2) is 0 Å². The van der Waals surface area contributed by atoms with Gasteiger partial charge in [0, 0.05) is 0 Å². The molecule has 0 saturated carbocycles. The minimum absolute atomic E-state index is 0.934. The van der Waals surface area contributed by atoms with Crippen molar-refractivity contribution in [1.82, 2.24) is 19.9 Å². The predicted octanol–water partition coefficient (Wildman–Crippen LogP) is 8.68. The Morgan fingerprint density at radius 3 is 1.21 bits per heavy atom. The summed E-state index contributed by atoms with van der Waals surface area (Å²) in [5, 5.41) is 0. The molecule has 4 nitrogen and oxygen atoms in total. The first-order valence-corrected chi connectivity index (χ1v) is 15.2. The number of halogens is 1. The van der Waals surface area contributed by atoms with Crippen molar-refractivity contribution in [2.75, 3.05) is 0 Å². The van der Waals surface area contributed by atoms with Gasteiger partial charge in [-0.1, -0.05) is 74.2 Å². The van der Waals surface area contributed by atoms with Crippen molar-refractivity contribution >= 4 is 54.4 Å². The average Bonchev–Trinajstić information content (AvgIpc) is 3.57. The summed E-state index contributed by atoms with van der Waals surface area (Å²) in [6, 6.07) is 8.72. The summed E-state index contributed by atoms with van der Waals surface area (Å²) in [6.07, 6.45) is 3.74. The molecule has 2 aliphatic rings. The van der Waals surface area contributed by atoms with Gasteiger partial charge in [-0.15, -0.1) is 22.1 Å². The van der Waals surface area contributed by atoms with Crippen LogP contribution in [0, 0.1) is 13.8 Å². The second kappa shape index (κ2) is 11.7. The van der Waals surface area contributed by atoms with E-state index in [4.69, 9.17) is 19.9 Å². The van der Waals surface area contributed by atoms with E-state index in [1.54, 1.807) is 0 Å². The van der Waals surface area contributed by atoms with Crippen LogP contribution in [0.1, 0.15) is 99.4 Å². The maximum absolute atomic E-state index is 5.11. The summed E-state index contributed by atoms with van der Waals surface area (Å²) >= 11 is 2.10. The van der Waals surface area contributed by atoms with Gasteiger partial charge in [-0.25, -0.2) is 9.97 Å². The van der Waals surface area contributed by atoms with E-state index in [0.29, 0.717) is 0 Å². The number of aryl methyl sites for hydroxylation is 4. The molecule has 0 fully saturated rings. The minimum atomic E-state index is 0.934. The van der Waals surface area contributed by atoms with Crippen LogP contribution >= 0.6 is 10.0 Å². The van der Waals surface area contributed by atoms with Crippen molar-refractivity contribution in [2.24, 2.45) is 0 Å². The number of fused-ring (bicyclic) bond motifs is 8. The fourth-order valence-corrected chi connectivity index (χ4v) is 5.85. The Labute approximate surface area is 239 Å². The molecule has 5 rings (SSSR count). The van der Waals surface area contributed by atoms with E-state index in [0.717, 1.165) is 70.5 Å². The topological polar surface area (TPSA) is 54.0 Å². The number of hydrogen-bond donors (Lipinski definition) is 0. The van der Waals surface area contributed by atoms with Gasteiger partial charge in [-0.3, -0.25) is 0 Å². The number of nitrogens with zero attached hydrogens (tertiary/aromatic N) is 4. The van der Waals surface area contributed by atoms with E-state index < -0.39 is 0 Å². The van der Waals surface area contributed by atoms with Crippen molar-refractivity contribution in [3.05, 3.63) is 69.3 Å². The third kappa shape index (κ3) is 4.81. The fraction of sp³-hybridized carbons (Fsp3) is 0.375. The second-order valence-corrected chi connectivity index (χ2v) is 9.93. The summed E-state index contributed by atoms with van der Waals surface area (Å²) < 4.78 is 0. The van der Waals surface area contributed by atoms with Crippen LogP contribution in [0.3, 0.4) is 0 Å². The standard InChI is InChI=1S/C32H36N4.ClH.Cr/c1-9-21-17(5)25-14-30-23(11-3)19(7)27(35-30)16-32-24(12-4)20(8)28(36-32)15-31-22(10-2)18(6)26(34-31)13-29(21)33-25;;/h13-16H,9-12H2,1-8H3;1H;/q-2;;+3/p-1. The number of allylic oxidation sites excluding steroid dienone is 4. The quantitative estimate of drug-likeness (QED) is 0.318. The van der Waals surface area contributed by atoms with Crippen molar-refractivity contribution in [1.29, 1.82) is 0 Å². The van der Waals surface area contributed by atoms with Crippen LogP contribution in [0.2, 0.25) is 0 Å². The van der Waals surface area contributed by atoms with Gasteiger partial charge in [0.2, 0.25) is 0 Å². The van der Waals surface area contributed by atoms with Crippen LogP contribution in [-0.4, -0.2) is 9.97 Å². The summed E-state index contributed by atoms with van der Waals surface area (Å²) in [7, 11) is 4.51. The van der Waals surface area contributed by atoms with E-state index in [1.165, 1.54) is 44.5 Å². The molecule has 2 aliphatic heterocycles. The first-order valence-electron chi connectivity index (χ1n) is 13.5. The molecule has 0 unspecified atom stereocenters.